The van der Waals surface area contributed by atoms with Crippen LogP contribution in [-0.4, -0.2) is 45.8 Å². The van der Waals surface area contributed by atoms with Crippen LogP contribution in [0.25, 0.3) is 0 Å². The molecule has 1 atom stereocenters. The first-order valence-corrected chi connectivity index (χ1v) is 8.14. The van der Waals surface area contributed by atoms with Gasteiger partial charge in [0, 0.05) is 7.11 Å². The molecule has 1 aromatic carbocycles. The summed E-state index contributed by atoms with van der Waals surface area (Å²) in [7, 11) is 1.49. The van der Waals surface area contributed by atoms with E-state index in [4.69, 9.17) is 23.7 Å². The molecule has 0 aliphatic carbocycles. The number of halogens is 2. The standard InChI is InChI=1S/C18H24F2O6/c1-3-15(17(18(19)20)25-13-23-10-9-22-2)26-16(21)12-24-11-14-7-5-4-6-8-14/h4-8,15H,3,9-13H2,1-2H3. The normalized spacial score (nSPS) is 11.7. The van der Waals surface area contributed by atoms with Gasteiger partial charge >= 0.3 is 12.0 Å². The second-order valence-electron chi connectivity index (χ2n) is 5.15. The Balaban J connectivity index is 2.43. The van der Waals surface area contributed by atoms with E-state index < -0.39 is 30.7 Å². The highest BCUT2D eigenvalue weighted by molar-refractivity contribution is 5.71. The van der Waals surface area contributed by atoms with Gasteiger partial charge < -0.3 is 23.7 Å². The minimum atomic E-state index is -2.06. The molecule has 1 unspecified atom stereocenters. The maximum Gasteiger partial charge on any atom is 0.332 e. The Hall–Kier alpha value is -2.03. The van der Waals surface area contributed by atoms with E-state index in [0.717, 1.165) is 5.56 Å². The number of hydrogen-bond acceptors (Lipinski definition) is 6. The summed E-state index contributed by atoms with van der Waals surface area (Å²) in [6.45, 7) is 1.58. The number of carbonyl (C=O) groups excluding carboxylic acids is 1. The van der Waals surface area contributed by atoms with Crippen molar-refractivity contribution in [3.63, 3.8) is 0 Å². The van der Waals surface area contributed by atoms with E-state index in [9.17, 15) is 13.6 Å². The van der Waals surface area contributed by atoms with E-state index in [1.54, 1.807) is 6.92 Å². The van der Waals surface area contributed by atoms with E-state index in [1.807, 2.05) is 30.3 Å². The van der Waals surface area contributed by atoms with Gasteiger partial charge in [0.2, 0.25) is 5.76 Å². The first-order valence-electron chi connectivity index (χ1n) is 8.14. The third kappa shape index (κ3) is 8.89. The number of rotatable bonds is 13. The van der Waals surface area contributed by atoms with Crippen molar-refractivity contribution in [1.29, 1.82) is 0 Å². The van der Waals surface area contributed by atoms with Gasteiger partial charge in [-0.05, 0) is 12.0 Å². The lowest BCUT2D eigenvalue weighted by molar-refractivity contribution is -0.157. The smallest absolute Gasteiger partial charge is 0.332 e. The van der Waals surface area contributed by atoms with E-state index in [-0.39, 0.29) is 26.2 Å². The molecule has 1 rings (SSSR count). The topological polar surface area (TPSA) is 63.2 Å². The second-order valence-corrected chi connectivity index (χ2v) is 5.15. The van der Waals surface area contributed by atoms with Crippen molar-refractivity contribution < 1.29 is 37.3 Å². The number of hydrogen-bond donors (Lipinski definition) is 0. The van der Waals surface area contributed by atoms with Gasteiger partial charge in [-0.1, -0.05) is 37.3 Å². The largest absolute Gasteiger partial charge is 0.462 e. The van der Waals surface area contributed by atoms with Gasteiger partial charge in [-0.25, -0.2) is 4.79 Å². The lowest BCUT2D eigenvalue weighted by Gasteiger charge is -2.19. The lowest BCUT2D eigenvalue weighted by atomic mass is 10.2. The fraction of sp³-hybridized carbons (Fsp3) is 0.500. The molecule has 146 valence electrons. The van der Waals surface area contributed by atoms with Crippen molar-refractivity contribution in [1.82, 2.24) is 0 Å². The summed E-state index contributed by atoms with van der Waals surface area (Å²) in [5.74, 6) is -1.48. The number of esters is 1. The zero-order chi connectivity index (χ0) is 19.2. The maximum absolute atomic E-state index is 13.1. The first-order chi connectivity index (χ1) is 12.6. The molecule has 6 nitrogen and oxygen atoms in total. The molecule has 0 radical (unpaired) electrons. The predicted octanol–water partition coefficient (Wildman–Crippen LogP) is 3.27. The van der Waals surface area contributed by atoms with Crippen molar-refractivity contribution in [2.24, 2.45) is 0 Å². The Kier molecular flexibility index (Phi) is 11.2. The molecule has 0 heterocycles. The minimum Gasteiger partial charge on any atom is -0.462 e. The number of carbonyl (C=O) groups is 1. The molecule has 0 saturated heterocycles. The highest BCUT2D eigenvalue weighted by Crippen LogP contribution is 2.19. The highest BCUT2D eigenvalue weighted by atomic mass is 19.3. The van der Waals surface area contributed by atoms with Gasteiger partial charge in [0.25, 0.3) is 0 Å². The molecule has 0 aromatic heterocycles. The van der Waals surface area contributed by atoms with Crippen LogP contribution in [-0.2, 0) is 35.1 Å². The van der Waals surface area contributed by atoms with Crippen molar-refractivity contribution in [3.8, 4) is 0 Å². The van der Waals surface area contributed by atoms with Gasteiger partial charge in [0.1, 0.15) is 6.61 Å². The molecule has 0 bridgehead atoms. The predicted molar refractivity (Wildman–Crippen MR) is 89.3 cm³/mol. The molecule has 26 heavy (non-hydrogen) atoms. The van der Waals surface area contributed by atoms with Gasteiger partial charge in [0.15, 0.2) is 12.9 Å². The minimum absolute atomic E-state index is 0.120. The number of methoxy groups -OCH3 is 1. The summed E-state index contributed by atoms with van der Waals surface area (Å²) in [6, 6.07) is 9.24. The van der Waals surface area contributed by atoms with E-state index >= 15 is 0 Å². The fourth-order valence-corrected chi connectivity index (χ4v) is 1.92. The second kappa shape index (κ2) is 13.2. The molecule has 0 amide bonds. The monoisotopic (exact) mass is 374 g/mol. The summed E-state index contributed by atoms with van der Waals surface area (Å²) in [4.78, 5) is 11.8. The third-order valence-electron chi connectivity index (χ3n) is 3.18. The maximum atomic E-state index is 13.1. The van der Waals surface area contributed by atoms with Crippen LogP contribution in [0.3, 0.4) is 0 Å². The Morgan fingerprint density at radius 3 is 2.46 bits per heavy atom. The van der Waals surface area contributed by atoms with Crippen molar-refractivity contribution in [3.05, 3.63) is 47.7 Å². The van der Waals surface area contributed by atoms with E-state index in [2.05, 4.69) is 0 Å². The van der Waals surface area contributed by atoms with Crippen molar-refractivity contribution in [2.45, 2.75) is 26.1 Å². The first kappa shape index (κ1) is 22.0. The van der Waals surface area contributed by atoms with Crippen LogP contribution < -0.4 is 0 Å². The molecular formula is C18H24F2O6. The van der Waals surface area contributed by atoms with Crippen LogP contribution in [0.15, 0.2) is 42.2 Å². The average molecular weight is 374 g/mol. The molecule has 0 spiro atoms. The van der Waals surface area contributed by atoms with Crippen LogP contribution in [0.5, 0.6) is 0 Å². The van der Waals surface area contributed by atoms with Gasteiger partial charge in [0.05, 0.1) is 19.8 Å². The summed E-state index contributed by atoms with van der Waals surface area (Å²) < 4.78 is 51.1. The molecule has 0 aliphatic rings. The Labute approximate surface area is 151 Å². The van der Waals surface area contributed by atoms with Gasteiger partial charge in [-0.15, -0.1) is 0 Å². The molecule has 0 aliphatic heterocycles. The van der Waals surface area contributed by atoms with Crippen molar-refractivity contribution in [2.75, 3.05) is 33.7 Å². The molecule has 8 heteroatoms. The van der Waals surface area contributed by atoms with Crippen LogP contribution in [0.2, 0.25) is 0 Å². The van der Waals surface area contributed by atoms with Crippen LogP contribution in [0, 0.1) is 0 Å². The van der Waals surface area contributed by atoms with Gasteiger partial charge in [-0.2, -0.15) is 8.78 Å². The molecule has 0 N–H and O–H groups in total. The summed E-state index contributed by atoms with van der Waals surface area (Å²) >= 11 is 0. The highest BCUT2D eigenvalue weighted by Gasteiger charge is 2.24. The molecule has 1 aromatic rings. The third-order valence-corrected chi connectivity index (χ3v) is 3.18. The zero-order valence-electron chi connectivity index (χ0n) is 14.9. The Morgan fingerprint density at radius 2 is 1.85 bits per heavy atom. The van der Waals surface area contributed by atoms with Gasteiger partial charge in [-0.3, -0.25) is 0 Å². The molecular weight excluding hydrogens is 350 g/mol. The lowest BCUT2D eigenvalue weighted by Crippen LogP contribution is -2.25. The quantitative estimate of drug-likeness (QED) is 0.229. The average Bonchev–Trinajstić information content (AvgIpc) is 2.64. The molecule has 0 fully saturated rings. The molecule has 0 saturated carbocycles. The summed E-state index contributed by atoms with van der Waals surface area (Å²) in [5.41, 5.74) is 0.888. The number of ether oxygens (including phenoxy) is 5. The van der Waals surface area contributed by atoms with E-state index in [1.165, 1.54) is 7.11 Å². The van der Waals surface area contributed by atoms with Crippen molar-refractivity contribution >= 4 is 5.97 Å². The Morgan fingerprint density at radius 1 is 1.12 bits per heavy atom. The fourth-order valence-electron chi connectivity index (χ4n) is 1.92. The summed E-state index contributed by atoms with van der Waals surface area (Å²) in [5, 5.41) is 0. The summed E-state index contributed by atoms with van der Waals surface area (Å²) in [6.07, 6.45) is -3.15. The SMILES string of the molecule is CCC(OC(=O)COCc1ccccc1)C(OCOCCOC)=C(F)F. The number of benzene rings is 1. The zero-order valence-corrected chi connectivity index (χ0v) is 14.9. The van der Waals surface area contributed by atoms with Crippen LogP contribution >= 0.6 is 0 Å². The Bertz CT molecular complexity index is 546. The van der Waals surface area contributed by atoms with E-state index in [0.29, 0.717) is 6.61 Å². The van der Waals surface area contributed by atoms with Crippen LogP contribution in [0.1, 0.15) is 18.9 Å². The van der Waals surface area contributed by atoms with Crippen LogP contribution in [0.4, 0.5) is 8.78 Å².